The first-order valence-electron chi connectivity index (χ1n) is 6.32. The number of fused-ring (bicyclic) bond motifs is 1. The van der Waals surface area contributed by atoms with Crippen molar-refractivity contribution < 1.29 is 0 Å². The Bertz CT molecular complexity index is 865. The van der Waals surface area contributed by atoms with Gasteiger partial charge in [0.2, 0.25) is 0 Å². The molecular weight excluding hydrogens is 303 g/mol. The second-order valence-electron chi connectivity index (χ2n) is 4.62. The van der Waals surface area contributed by atoms with Crippen molar-refractivity contribution in [1.29, 1.82) is 5.26 Å². The number of nitrogens with one attached hydrogen (secondary N) is 1. The van der Waals surface area contributed by atoms with Crippen LogP contribution in [0.3, 0.4) is 0 Å². The molecule has 1 N–H and O–H groups in total. The van der Waals surface area contributed by atoms with Crippen molar-refractivity contribution in [2.45, 2.75) is 0 Å². The minimum absolute atomic E-state index is 0.546. The molecule has 0 aliphatic carbocycles. The van der Waals surface area contributed by atoms with E-state index in [1.807, 2.05) is 30.5 Å². The number of halogens is 2. The third-order valence-electron chi connectivity index (χ3n) is 3.20. The fourth-order valence-electron chi connectivity index (χ4n) is 2.29. The smallest absolute Gasteiger partial charge is 0.0998 e. The van der Waals surface area contributed by atoms with Crippen molar-refractivity contribution in [1.82, 2.24) is 4.98 Å². The van der Waals surface area contributed by atoms with Gasteiger partial charge in [0.1, 0.15) is 0 Å². The van der Waals surface area contributed by atoms with E-state index in [1.54, 1.807) is 24.3 Å². The fraction of sp³-hybridized carbons (Fsp3) is 0. The van der Waals surface area contributed by atoms with Gasteiger partial charge in [0.05, 0.1) is 11.6 Å². The lowest BCUT2D eigenvalue weighted by molar-refractivity contribution is 1.46. The Morgan fingerprint density at radius 3 is 2.52 bits per heavy atom. The molecule has 0 aliphatic heterocycles. The van der Waals surface area contributed by atoms with Crippen LogP contribution in [0.4, 0.5) is 0 Å². The van der Waals surface area contributed by atoms with Gasteiger partial charge in [0.25, 0.3) is 0 Å². The summed E-state index contributed by atoms with van der Waals surface area (Å²) in [5, 5.41) is 11.6. The minimum Gasteiger partial charge on any atom is -0.361 e. The van der Waals surface area contributed by atoms with E-state index in [-0.39, 0.29) is 0 Å². The average molecular weight is 313 g/mol. The zero-order chi connectivity index (χ0) is 14.8. The minimum atomic E-state index is 0.546. The number of nitrogens with zero attached hydrogens (tertiary/aromatic N) is 1. The van der Waals surface area contributed by atoms with Crippen LogP contribution in [0.15, 0.2) is 48.7 Å². The summed E-state index contributed by atoms with van der Waals surface area (Å²) in [6.07, 6.45) is 3.62. The number of nitriles is 1. The molecule has 0 bridgehead atoms. The lowest BCUT2D eigenvalue weighted by Gasteiger charge is -2.00. The second kappa shape index (κ2) is 5.65. The number of allylic oxidation sites excluding steroid dienone is 1. The van der Waals surface area contributed by atoms with Crippen LogP contribution in [0.2, 0.25) is 10.0 Å². The van der Waals surface area contributed by atoms with E-state index in [1.165, 1.54) is 0 Å². The van der Waals surface area contributed by atoms with Crippen LogP contribution in [-0.4, -0.2) is 4.98 Å². The molecule has 1 heterocycles. The summed E-state index contributed by atoms with van der Waals surface area (Å²) >= 11 is 12.0. The molecule has 0 unspecified atom stereocenters. The number of hydrogen-bond acceptors (Lipinski definition) is 1. The number of hydrogen-bond donors (Lipinski definition) is 1. The predicted octanol–water partition coefficient (Wildman–Crippen LogP) is 5.54. The van der Waals surface area contributed by atoms with E-state index in [4.69, 9.17) is 23.2 Å². The van der Waals surface area contributed by atoms with E-state index in [0.29, 0.717) is 15.6 Å². The Kier molecular flexibility index (Phi) is 3.70. The number of benzene rings is 2. The van der Waals surface area contributed by atoms with Gasteiger partial charge in [-0.2, -0.15) is 5.26 Å². The van der Waals surface area contributed by atoms with Gasteiger partial charge in [-0.3, -0.25) is 0 Å². The third kappa shape index (κ3) is 2.80. The van der Waals surface area contributed by atoms with Crippen LogP contribution >= 0.6 is 23.2 Å². The Labute approximate surface area is 132 Å². The van der Waals surface area contributed by atoms with E-state index in [9.17, 15) is 5.26 Å². The molecule has 0 fully saturated rings. The van der Waals surface area contributed by atoms with Crippen molar-refractivity contribution in [2.75, 3.05) is 0 Å². The monoisotopic (exact) mass is 312 g/mol. The molecule has 1 aromatic heterocycles. The molecule has 21 heavy (non-hydrogen) atoms. The maximum Gasteiger partial charge on any atom is 0.0998 e. The van der Waals surface area contributed by atoms with Gasteiger partial charge < -0.3 is 4.98 Å². The van der Waals surface area contributed by atoms with Crippen LogP contribution < -0.4 is 0 Å². The Morgan fingerprint density at radius 2 is 1.81 bits per heavy atom. The zero-order valence-corrected chi connectivity index (χ0v) is 12.4. The molecule has 3 aromatic rings. The molecule has 0 saturated heterocycles. The van der Waals surface area contributed by atoms with Crippen molar-refractivity contribution in [3.05, 3.63) is 69.8 Å². The van der Waals surface area contributed by atoms with Crippen LogP contribution in [0, 0.1) is 11.3 Å². The molecule has 0 atom stereocenters. The summed E-state index contributed by atoms with van der Waals surface area (Å²) in [6.45, 7) is 0. The van der Waals surface area contributed by atoms with E-state index in [0.717, 1.165) is 22.0 Å². The molecular formula is C17H10Cl2N2. The fourth-order valence-corrected chi connectivity index (χ4v) is 2.83. The maximum absolute atomic E-state index is 9.46. The molecule has 0 spiro atoms. The molecule has 0 radical (unpaired) electrons. The van der Waals surface area contributed by atoms with E-state index >= 15 is 0 Å². The molecule has 4 heteroatoms. The molecule has 102 valence electrons. The van der Waals surface area contributed by atoms with Gasteiger partial charge in [-0.1, -0.05) is 41.4 Å². The number of rotatable bonds is 2. The number of H-pyrrole nitrogens is 1. The van der Waals surface area contributed by atoms with Crippen LogP contribution in [0.1, 0.15) is 11.1 Å². The summed E-state index contributed by atoms with van der Waals surface area (Å²) in [7, 11) is 0. The topological polar surface area (TPSA) is 39.6 Å². The first-order valence-corrected chi connectivity index (χ1v) is 7.07. The highest BCUT2D eigenvalue weighted by atomic mass is 35.5. The number of para-hydroxylation sites is 1. The largest absolute Gasteiger partial charge is 0.361 e. The number of aromatic amines is 1. The van der Waals surface area contributed by atoms with E-state index < -0.39 is 0 Å². The average Bonchev–Trinajstić information content (AvgIpc) is 2.87. The van der Waals surface area contributed by atoms with Gasteiger partial charge in [-0.25, -0.2) is 0 Å². The van der Waals surface area contributed by atoms with Gasteiger partial charge in [0.15, 0.2) is 0 Å². The summed E-state index contributed by atoms with van der Waals surface area (Å²) in [6, 6.07) is 15.3. The van der Waals surface area contributed by atoms with Gasteiger partial charge in [-0.15, -0.1) is 0 Å². The molecule has 0 aliphatic rings. The number of aromatic nitrogens is 1. The van der Waals surface area contributed by atoms with Gasteiger partial charge in [0, 0.05) is 32.7 Å². The highest BCUT2D eigenvalue weighted by molar-refractivity contribution is 6.34. The Balaban J connectivity index is 2.14. The molecule has 2 aromatic carbocycles. The lowest BCUT2D eigenvalue weighted by Crippen LogP contribution is -1.81. The third-order valence-corrected chi connectivity index (χ3v) is 3.63. The standard InChI is InChI=1S/C17H10Cl2N2/c18-13-6-11(7-14(19)8-13)5-12(9-20)16-10-21-17-4-2-1-3-15(16)17/h1-8,10,21H/b12-5-. The SMILES string of the molecule is N#C/C(=C/c1cc(Cl)cc(Cl)c1)c1c[nH]c2ccccc12. The lowest BCUT2D eigenvalue weighted by atomic mass is 10.0. The Morgan fingerprint density at radius 1 is 1.10 bits per heavy atom. The highest BCUT2D eigenvalue weighted by Crippen LogP contribution is 2.27. The molecule has 3 rings (SSSR count). The summed E-state index contributed by atoms with van der Waals surface area (Å²) < 4.78 is 0. The van der Waals surface area contributed by atoms with Crippen LogP contribution in [0.5, 0.6) is 0 Å². The molecule has 0 saturated carbocycles. The van der Waals surface area contributed by atoms with Gasteiger partial charge >= 0.3 is 0 Å². The quantitative estimate of drug-likeness (QED) is 0.620. The van der Waals surface area contributed by atoms with Gasteiger partial charge in [-0.05, 0) is 35.9 Å². The van der Waals surface area contributed by atoms with Crippen molar-refractivity contribution in [2.24, 2.45) is 0 Å². The van der Waals surface area contributed by atoms with Crippen molar-refractivity contribution in [3.63, 3.8) is 0 Å². The van der Waals surface area contributed by atoms with Crippen LogP contribution in [0.25, 0.3) is 22.6 Å². The molecule has 2 nitrogen and oxygen atoms in total. The normalized spacial score (nSPS) is 11.6. The zero-order valence-electron chi connectivity index (χ0n) is 10.9. The summed E-state index contributed by atoms with van der Waals surface area (Å²) in [4.78, 5) is 3.17. The summed E-state index contributed by atoms with van der Waals surface area (Å²) in [5.41, 5.74) is 3.22. The van der Waals surface area contributed by atoms with E-state index in [2.05, 4.69) is 11.1 Å². The van der Waals surface area contributed by atoms with Crippen molar-refractivity contribution >= 4 is 45.8 Å². The molecule has 0 amide bonds. The predicted molar refractivity (Wildman–Crippen MR) is 88.2 cm³/mol. The van der Waals surface area contributed by atoms with Crippen molar-refractivity contribution in [3.8, 4) is 6.07 Å². The Hall–Kier alpha value is -2.21. The first kappa shape index (κ1) is 13.8. The second-order valence-corrected chi connectivity index (χ2v) is 5.49. The maximum atomic E-state index is 9.46. The van der Waals surface area contributed by atoms with Crippen LogP contribution in [-0.2, 0) is 0 Å². The highest BCUT2D eigenvalue weighted by Gasteiger charge is 2.08. The summed E-state index contributed by atoms with van der Waals surface area (Å²) in [5.74, 6) is 0. The first-order chi connectivity index (χ1) is 10.2.